The van der Waals surface area contributed by atoms with Crippen LogP contribution in [0.4, 0.5) is 0 Å². The topological polar surface area (TPSA) is 71.1 Å². The van der Waals surface area contributed by atoms with Crippen LogP contribution in [0.3, 0.4) is 0 Å². The quantitative estimate of drug-likeness (QED) is 0.318. The van der Waals surface area contributed by atoms with Gasteiger partial charge in [0.2, 0.25) is 0 Å². The summed E-state index contributed by atoms with van der Waals surface area (Å²) in [6, 6.07) is 0. The van der Waals surface area contributed by atoms with E-state index in [1.165, 1.54) is 6.42 Å². The van der Waals surface area contributed by atoms with Crippen LogP contribution in [0.15, 0.2) is 5.16 Å². The summed E-state index contributed by atoms with van der Waals surface area (Å²) >= 11 is 0. The van der Waals surface area contributed by atoms with E-state index in [9.17, 15) is 0 Å². The zero-order valence-corrected chi connectivity index (χ0v) is 9.64. The molecule has 5 heteroatoms. The average Bonchev–Trinajstić information content (AvgIpc) is 2.81. The van der Waals surface area contributed by atoms with Crippen LogP contribution in [0.5, 0.6) is 0 Å². The summed E-state index contributed by atoms with van der Waals surface area (Å²) in [6.45, 7) is 4.94. The number of rotatable bonds is 3. The van der Waals surface area contributed by atoms with Crippen LogP contribution in [-0.2, 0) is 4.74 Å². The Morgan fingerprint density at radius 3 is 3.06 bits per heavy atom. The molecule has 0 aliphatic carbocycles. The van der Waals surface area contributed by atoms with Crippen molar-refractivity contribution in [2.45, 2.75) is 19.3 Å². The molecule has 2 aliphatic rings. The first-order valence-electron chi connectivity index (χ1n) is 6.07. The fraction of sp³-hybridized carbons (Fsp3) is 0.909. The molecule has 0 amide bonds. The first-order chi connectivity index (χ1) is 7.79. The molecule has 2 rings (SSSR count). The molecular formula is C11H21N3O2. The van der Waals surface area contributed by atoms with E-state index in [-0.39, 0.29) is 5.92 Å². The smallest absolute Gasteiger partial charge is 0.143 e. The summed E-state index contributed by atoms with van der Waals surface area (Å²) in [5.74, 6) is 1.28. The lowest BCUT2D eigenvalue weighted by Gasteiger charge is -2.33. The molecule has 0 radical (unpaired) electrons. The van der Waals surface area contributed by atoms with E-state index in [2.05, 4.69) is 10.1 Å². The van der Waals surface area contributed by atoms with Gasteiger partial charge in [0, 0.05) is 25.6 Å². The molecule has 16 heavy (non-hydrogen) atoms. The fourth-order valence-electron chi connectivity index (χ4n) is 2.64. The van der Waals surface area contributed by atoms with Crippen LogP contribution < -0.4 is 5.73 Å². The van der Waals surface area contributed by atoms with Gasteiger partial charge in [0.05, 0.1) is 6.61 Å². The minimum atomic E-state index is 0.223. The van der Waals surface area contributed by atoms with Crippen molar-refractivity contribution >= 4 is 5.84 Å². The third-order valence-electron chi connectivity index (χ3n) is 3.58. The number of likely N-dealkylation sites (tertiary alicyclic amines) is 1. The number of hydrogen-bond donors (Lipinski definition) is 2. The van der Waals surface area contributed by atoms with Gasteiger partial charge in [0.15, 0.2) is 0 Å². The third kappa shape index (κ3) is 2.86. The van der Waals surface area contributed by atoms with Crippen molar-refractivity contribution in [3.63, 3.8) is 0 Å². The second-order valence-corrected chi connectivity index (χ2v) is 4.85. The van der Waals surface area contributed by atoms with E-state index in [1.807, 2.05) is 0 Å². The number of nitrogens with two attached hydrogens (primary N) is 1. The highest BCUT2D eigenvalue weighted by atomic mass is 16.5. The molecule has 3 N–H and O–H groups in total. The van der Waals surface area contributed by atoms with Crippen LogP contribution in [0.25, 0.3) is 0 Å². The largest absolute Gasteiger partial charge is 0.409 e. The lowest BCUT2D eigenvalue weighted by Crippen LogP contribution is -2.43. The molecule has 0 aromatic heterocycles. The highest BCUT2D eigenvalue weighted by Crippen LogP contribution is 2.20. The van der Waals surface area contributed by atoms with Crippen LogP contribution in [0.2, 0.25) is 0 Å². The molecule has 0 spiro atoms. The maximum absolute atomic E-state index is 8.68. The molecule has 0 aromatic rings. The molecule has 2 fully saturated rings. The summed E-state index contributed by atoms with van der Waals surface area (Å²) in [5.41, 5.74) is 5.67. The van der Waals surface area contributed by atoms with E-state index in [0.717, 1.165) is 45.7 Å². The zero-order valence-electron chi connectivity index (χ0n) is 9.64. The Bertz CT molecular complexity index is 252. The Kier molecular flexibility index (Phi) is 4.01. The van der Waals surface area contributed by atoms with Crippen molar-refractivity contribution in [2.24, 2.45) is 22.7 Å². The van der Waals surface area contributed by atoms with Gasteiger partial charge in [-0.15, -0.1) is 0 Å². The second kappa shape index (κ2) is 5.50. The summed E-state index contributed by atoms with van der Waals surface area (Å²) in [5, 5.41) is 11.8. The lowest BCUT2D eigenvalue weighted by atomic mass is 9.96. The Labute approximate surface area is 96.2 Å². The van der Waals surface area contributed by atoms with Gasteiger partial charge < -0.3 is 20.6 Å². The van der Waals surface area contributed by atoms with Gasteiger partial charge >= 0.3 is 0 Å². The Hall–Kier alpha value is -0.810. The van der Waals surface area contributed by atoms with Crippen LogP contribution in [-0.4, -0.2) is 48.8 Å². The number of ether oxygens (including phenoxy) is 1. The van der Waals surface area contributed by atoms with Crippen LogP contribution >= 0.6 is 0 Å². The zero-order chi connectivity index (χ0) is 11.4. The molecule has 5 nitrogen and oxygen atoms in total. The van der Waals surface area contributed by atoms with Crippen molar-refractivity contribution in [2.75, 3.05) is 32.8 Å². The Balaban J connectivity index is 1.81. The molecule has 0 aromatic carbocycles. The van der Waals surface area contributed by atoms with Crippen LogP contribution in [0.1, 0.15) is 19.3 Å². The number of piperidine rings is 1. The number of oxime groups is 1. The molecule has 2 aliphatic heterocycles. The minimum absolute atomic E-state index is 0.223. The highest BCUT2D eigenvalue weighted by Gasteiger charge is 2.26. The third-order valence-corrected chi connectivity index (χ3v) is 3.58. The molecular weight excluding hydrogens is 206 g/mol. The number of nitrogens with zero attached hydrogens (tertiary/aromatic N) is 2. The van der Waals surface area contributed by atoms with Crippen molar-refractivity contribution in [1.82, 2.24) is 4.90 Å². The normalized spacial score (nSPS) is 33.1. The minimum Gasteiger partial charge on any atom is -0.409 e. The monoisotopic (exact) mass is 227 g/mol. The van der Waals surface area contributed by atoms with Crippen LogP contribution in [0, 0.1) is 11.8 Å². The van der Waals surface area contributed by atoms with Gasteiger partial charge in [0.1, 0.15) is 5.84 Å². The average molecular weight is 227 g/mol. The van der Waals surface area contributed by atoms with E-state index in [4.69, 9.17) is 15.7 Å². The van der Waals surface area contributed by atoms with E-state index in [0.29, 0.717) is 11.8 Å². The second-order valence-electron chi connectivity index (χ2n) is 4.85. The standard InChI is InChI=1S/C11H21N3O2/c12-11(13-15)10-2-1-4-14(7-10)6-9-3-5-16-8-9/h9-10,15H,1-8H2,(H2,12,13). The molecule has 2 unspecified atom stereocenters. The Morgan fingerprint density at radius 1 is 1.50 bits per heavy atom. The number of amidine groups is 1. The van der Waals surface area contributed by atoms with Crippen molar-refractivity contribution in [3.05, 3.63) is 0 Å². The molecule has 0 saturated carbocycles. The summed E-state index contributed by atoms with van der Waals surface area (Å²) in [6.07, 6.45) is 3.34. The fourth-order valence-corrected chi connectivity index (χ4v) is 2.64. The van der Waals surface area contributed by atoms with Crippen molar-refractivity contribution < 1.29 is 9.94 Å². The summed E-state index contributed by atoms with van der Waals surface area (Å²) < 4.78 is 5.38. The first kappa shape index (κ1) is 11.7. The van der Waals surface area contributed by atoms with Gasteiger partial charge in [-0.3, -0.25) is 0 Å². The molecule has 2 saturated heterocycles. The summed E-state index contributed by atoms with van der Waals surface area (Å²) in [7, 11) is 0. The maximum Gasteiger partial charge on any atom is 0.143 e. The molecule has 92 valence electrons. The highest BCUT2D eigenvalue weighted by molar-refractivity contribution is 5.82. The lowest BCUT2D eigenvalue weighted by molar-refractivity contribution is 0.147. The van der Waals surface area contributed by atoms with Gasteiger partial charge in [-0.2, -0.15) is 0 Å². The van der Waals surface area contributed by atoms with Gasteiger partial charge in [-0.05, 0) is 31.7 Å². The molecule has 2 atom stereocenters. The van der Waals surface area contributed by atoms with E-state index < -0.39 is 0 Å². The van der Waals surface area contributed by atoms with Crippen molar-refractivity contribution in [3.8, 4) is 0 Å². The Morgan fingerprint density at radius 2 is 2.38 bits per heavy atom. The maximum atomic E-state index is 8.68. The number of hydrogen-bond acceptors (Lipinski definition) is 4. The predicted molar refractivity (Wildman–Crippen MR) is 61.5 cm³/mol. The van der Waals surface area contributed by atoms with Gasteiger partial charge in [-0.1, -0.05) is 5.16 Å². The summed E-state index contributed by atoms with van der Waals surface area (Å²) in [4.78, 5) is 2.42. The molecule has 2 heterocycles. The van der Waals surface area contributed by atoms with E-state index >= 15 is 0 Å². The molecule has 0 bridgehead atoms. The van der Waals surface area contributed by atoms with Crippen molar-refractivity contribution in [1.29, 1.82) is 0 Å². The van der Waals surface area contributed by atoms with Gasteiger partial charge in [-0.25, -0.2) is 0 Å². The van der Waals surface area contributed by atoms with E-state index in [1.54, 1.807) is 0 Å². The predicted octanol–water partition coefficient (Wildman–Crippen LogP) is 0.481. The van der Waals surface area contributed by atoms with Gasteiger partial charge in [0.25, 0.3) is 0 Å². The SMILES string of the molecule is NC(=NO)C1CCCN(CC2CCOC2)C1. The first-order valence-corrected chi connectivity index (χ1v) is 6.07.